The van der Waals surface area contributed by atoms with Crippen LogP contribution in [0.25, 0.3) is 11.4 Å². The van der Waals surface area contributed by atoms with Crippen LogP contribution in [-0.4, -0.2) is 40.7 Å². The van der Waals surface area contributed by atoms with Gasteiger partial charge in [0.05, 0.1) is 11.6 Å². The Morgan fingerprint density at radius 1 is 1.45 bits per heavy atom. The van der Waals surface area contributed by atoms with Gasteiger partial charge in [-0.2, -0.15) is 4.98 Å². The number of aromatic nitrogens is 2. The van der Waals surface area contributed by atoms with Gasteiger partial charge in [0.25, 0.3) is 0 Å². The molecule has 0 bridgehead atoms. The van der Waals surface area contributed by atoms with Gasteiger partial charge in [0.1, 0.15) is 0 Å². The summed E-state index contributed by atoms with van der Waals surface area (Å²) in [6, 6.07) is 7.99. The normalized spacial score (nSPS) is 20.2. The number of piperazine rings is 1. The van der Waals surface area contributed by atoms with Gasteiger partial charge in [0.15, 0.2) is 0 Å². The van der Waals surface area contributed by atoms with Crippen LogP contribution >= 0.6 is 11.6 Å². The maximum atomic E-state index is 6.14. The molecule has 0 saturated carbocycles. The Labute approximate surface area is 122 Å². The van der Waals surface area contributed by atoms with Gasteiger partial charge in [0, 0.05) is 31.2 Å². The van der Waals surface area contributed by atoms with E-state index in [9.17, 15) is 0 Å². The second kappa shape index (κ2) is 5.91. The minimum atomic E-state index is 0.472. The Balaban J connectivity index is 1.75. The van der Waals surface area contributed by atoms with E-state index in [-0.39, 0.29) is 0 Å². The highest BCUT2D eigenvalue weighted by atomic mass is 35.5. The first-order valence-corrected chi connectivity index (χ1v) is 7.14. The van der Waals surface area contributed by atoms with Crippen LogP contribution in [0.15, 0.2) is 28.8 Å². The Bertz CT molecular complexity index is 586. The van der Waals surface area contributed by atoms with E-state index in [2.05, 4.69) is 27.3 Å². The highest BCUT2D eigenvalue weighted by Gasteiger charge is 2.21. The van der Waals surface area contributed by atoms with Crippen molar-refractivity contribution < 1.29 is 4.52 Å². The van der Waals surface area contributed by atoms with Crippen LogP contribution in [0.3, 0.4) is 0 Å². The van der Waals surface area contributed by atoms with Gasteiger partial charge in [-0.25, -0.2) is 0 Å². The zero-order chi connectivity index (χ0) is 13.9. The quantitative estimate of drug-likeness (QED) is 0.940. The summed E-state index contributed by atoms with van der Waals surface area (Å²) in [5.74, 6) is 1.18. The Morgan fingerprint density at radius 3 is 3.10 bits per heavy atom. The molecule has 0 amide bonds. The standard InChI is InChI=1S/C14H17ClN4O/c1-10-8-16-6-7-19(10)9-13-17-14(18-20-13)11-4-2-3-5-12(11)15/h2-5,10,16H,6-9H2,1H3. The lowest BCUT2D eigenvalue weighted by Crippen LogP contribution is -2.49. The molecule has 5 nitrogen and oxygen atoms in total. The van der Waals surface area contributed by atoms with Crippen molar-refractivity contribution in [3.63, 3.8) is 0 Å². The molecule has 0 radical (unpaired) electrons. The molecule has 1 aromatic heterocycles. The predicted octanol–water partition coefficient (Wildman–Crippen LogP) is 2.18. The summed E-state index contributed by atoms with van der Waals surface area (Å²) < 4.78 is 5.34. The van der Waals surface area contributed by atoms with Crippen LogP contribution in [0.2, 0.25) is 5.02 Å². The second-order valence-electron chi connectivity index (χ2n) is 5.02. The molecule has 20 heavy (non-hydrogen) atoms. The number of hydrogen-bond acceptors (Lipinski definition) is 5. The Hall–Kier alpha value is -1.43. The van der Waals surface area contributed by atoms with Crippen LogP contribution in [0.5, 0.6) is 0 Å². The van der Waals surface area contributed by atoms with Gasteiger partial charge in [0.2, 0.25) is 11.7 Å². The molecule has 3 rings (SSSR count). The summed E-state index contributed by atoms with van der Waals surface area (Å²) >= 11 is 6.14. The van der Waals surface area contributed by atoms with Gasteiger partial charge < -0.3 is 9.84 Å². The van der Waals surface area contributed by atoms with E-state index in [0.29, 0.717) is 29.3 Å². The van der Waals surface area contributed by atoms with E-state index in [0.717, 1.165) is 25.2 Å². The van der Waals surface area contributed by atoms with Crippen LogP contribution in [0.4, 0.5) is 0 Å². The van der Waals surface area contributed by atoms with Crippen molar-refractivity contribution in [2.45, 2.75) is 19.5 Å². The highest BCUT2D eigenvalue weighted by molar-refractivity contribution is 6.33. The fourth-order valence-electron chi connectivity index (χ4n) is 2.36. The van der Waals surface area contributed by atoms with Crippen LogP contribution in [0.1, 0.15) is 12.8 Å². The molecule has 2 heterocycles. The van der Waals surface area contributed by atoms with E-state index in [4.69, 9.17) is 16.1 Å². The van der Waals surface area contributed by atoms with Gasteiger partial charge in [-0.1, -0.05) is 28.9 Å². The zero-order valence-electron chi connectivity index (χ0n) is 11.3. The monoisotopic (exact) mass is 292 g/mol. The van der Waals surface area contributed by atoms with Crippen molar-refractivity contribution in [2.24, 2.45) is 0 Å². The molecule has 1 fully saturated rings. The maximum absolute atomic E-state index is 6.14. The summed E-state index contributed by atoms with van der Waals surface area (Å²) in [6.07, 6.45) is 0. The van der Waals surface area contributed by atoms with Crippen molar-refractivity contribution >= 4 is 11.6 Å². The molecular weight excluding hydrogens is 276 g/mol. The van der Waals surface area contributed by atoms with Crippen LogP contribution < -0.4 is 5.32 Å². The van der Waals surface area contributed by atoms with Gasteiger partial charge >= 0.3 is 0 Å². The largest absolute Gasteiger partial charge is 0.338 e. The molecule has 1 unspecified atom stereocenters. The third kappa shape index (κ3) is 2.85. The molecule has 1 N–H and O–H groups in total. The molecule has 0 aliphatic carbocycles. The van der Waals surface area contributed by atoms with Gasteiger partial charge in [-0.05, 0) is 19.1 Å². The first-order chi connectivity index (χ1) is 9.74. The van der Waals surface area contributed by atoms with Crippen molar-refractivity contribution in [1.82, 2.24) is 20.4 Å². The van der Waals surface area contributed by atoms with E-state index >= 15 is 0 Å². The highest BCUT2D eigenvalue weighted by Crippen LogP contribution is 2.25. The summed E-state index contributed by atoms with van der Waals surface area (Å²) in [5.41, 5.74) is 0.803. The molecular formula is C14H17ClN4O. The number of benzene rings is 1. The van der Waals surface area contributed by atoms with E-state index in [1.807, 2.05) is 24.3 Å². The number of nitrogens with zero attached hydrogens (tertiary/aromatic N) is 3. The van der Waals surface area contributed by atoms with Crippen LogP contribution in [0, 0.1) is 0 Å². The Morgan fingerprint density at radius 2 is 2.30 bits per heavy atom. The molecule has 0 spiro atoms. The molecule has 1 aromatic carbocycles. The number of hydrogen-bond donors (Lipinski definition) is 1. The van der Waals surface area contributed by atoms with Crippen molar-refractivity contribution in [2.75, 3.05) is 19.6 Å². The lowest BCUT2D eigenvalue weighted by atomic mass is 10.2. The molecule has 1 aliphatic heterocycles. The molecule has 1 saturated heterocycles. The number of halogens is 1. The summed E-state index contributed by atoms with van der Waals surface area (Å²) in [7, 11) is 0. The fraction of sp³-hybridized carbons (Fsp3) is 0.429. The number of nitrogens with one attached hydrogen (secondary N) is 1. The van der Waals surface area contributed by atoms with Crippen molar-refractivity contribution in [3.8, 4) is 11.4 Å². The average Bonchev–Trinajstić information content (AvgIpc) is 2.90. The molecule has 1 atom stereocenters. The number of rotatable bonds is 3. The third-order valence-electron chi connectivity index (χ3n) is 3.56. The van der Waals surface area contributed by atoms with Crippen molar-refractivity contribution in [3.05, 3.63) is 35.2 Å². The second-order valence-corrected chi connectivity index (χ2v) is 5.42. The molecule has 6 heteroatoms. The first-order valence-electron chi connectivity index (χ1n) is 6.76. The van der Waals surface area contributed by atoms with Crippen LogP contribution in [-0.2, 0) is 6.54 Å². The van der Waals surface area contributed by atoms with Gasteiger partial charge in [-0.15, -0.1) is 0 Å². The average molecular weight is 293 g/mol. The maximum Gasteiger partial charge on any atom is 0.241 e. The smallest absolute Gasteiger partial charge is 0.241 e. The summed E-state index contributed by atoms with van der Waals surface area (Å²) in [5, 5.41) is 8.02. The van der Waals surface area contributed by atoms with Gasteiger partial charge in [-0.3, -0.25) is 4.90 Å². The topological polar surface area (TPSA) is 54.2 Å². The van der Waals surface area contributed by atoms with E-state index in [1.165, 1.54) is 0 Å². The lowest BCUT2D eigenvalue weighted by molar-refractivity contribution is 0.146. The minimum Gasteiger partial charge on any atom is -0.338 e. The summed E-state index contributed by atoms with van der Waals surface area (Å²) in [4.78, 5) is 6.78. The minimum absolute atomic E-state index is 0.472. The predicted molar refractivity (Wildman–Crippen MR) is 77.5 cm³/mol. The molecule has 1 aliphatic rings. The first kappa shape index (κ1) is 13.5. The SMILES string of the molecule is CC1CNCCN1Cc1nc(-c2ccccc2Cl)no1. The van der Waals surface area contributed by atoms with E-state index < -0.39 is 0 Å². The zero-order valence-corrected chi connectivity index (χ0v) is 12.1. The van der Waals surface area contributed by atoms with E-state index in [1.54, 1.807) is 0 Å². The fourth-order valence-corrected chi connectivity index (χ4v) is 2.58. The molecule has 106 valence electrons. The molecule has 2 aromatic rings. The lowest BCUT2D eigenvalue weighted by Gasteiger charge is -2.32. The Kier molecular flexibility index (Phi) is 4.00. The van der Waals surface area contributed by atoms with Crippen molar-refractivity contribution in [1.29, 1.82) is 0 Å². The third-order valence-corrected chi connectivity index (χ3v) is 3.89. The summed E-state index contributed by atoms with van der Waals surface area (Å²) in [6.45, 7) is 5.85.